The topological polar surface area (TPSA) is 113 Å². The van der Waals surface area contributed by atoms with Gasteiger partial charge in [-0.05, 0) is 60.9 Å². The van der Waals surface area contributed by atoms with E-state index in [-0.39, 0.29) is 17.5 Å². The van der Waals surface area contributed by atoms with Crippen molar-refractivity contribution in [3.63, 3.8) is 0 Å². The Morgan fingerprint density at radius 3 is 2.57 bits per heavy atom. The highest BCUT2D eigenvalue weighted by molar-refractivity contribution is 5.96. The van der Waals surface area contributed by atoms with Gasteiger partial charge in [-0.25, -0.2) is 9.37 Å². The third-order valence-electron chi connectivity index (χ3n) is 8.04. The number of alkyl halides is 3. The van der Waals surface area contributed by atoms with E-state index in [1.807, 2.05) is 13.0 Å². The quantitative estimate of drug-likeness (QED) is 0.245. The first-order valence-electron chi connectivity index (χ1n) is 14.4. The Morgan fingerprint density at radius 2 is 1.83 bits per heavy atom. The van der Waals surface area contributed by atoms with Crippen LogP contribution in [0.2, 0.25) is 0 Å². The van der Waals surface area contributed by atoms with Crippen molar-refractivity contribution in [2.45, 2.75) is 38.4 Å². The molecule has 3 N–H and O–H groups in total. The average Bonchev–Trinajstić information content (AvgIpc) is 3.55. The molecule has 2 aliphatic heterocycles. The molecule has 10 nitrogen and oxygen atoms in total. The summed E-state index contributed by atoms with van der Waals surface area (Å²) in [6.07, 6.45) is 2.44. The first-order chi connectivity index (χ1) is 22.0. The molecule has 6 rings (SSSR count). The molecule has 2 aliphatic rings. The highest BCUT2D eigenvalue weighted by atomic mass is 19.4. The summed E-state index contributed by atoms with van der Waals surface area (Å²) in [5, 5.41) is 4.05. The number of pyridine rings is 1. The van der Waals surface area contributed by atoms with E-state index in [9.17, 15) is 27.2 Å². The lowest BCUT2D eigenvalue weighted by Gasteiger charge is -2.23. The number of hydrazine groups is 2. The number of rotatable bonds is 4. The molecule has 0 unspecified atom stereocenters. The molecule has 0 fully saturated rings. The molecule has 2 aromatic carbocycles. The summed E-state index contributed by atoms with van der Waals surface area (Å²) in [5.74, 6) is -0.618. The second-order valence-corrected chi connectivity index (χ2v) is 11.1. The lowest BCUT2D eigenvalue weighted by atomic mass is 9.94. The predicted molar refractivity (Wildman–Crippen MR) is 163 cm³/mol. The summed E-state index contributed by atoms with van der Waals surface area (Å²) < 4.78 is 61.1. The van der Waals surface area contributed by atoms with Gasteiger partial charge in [-0.2, -0.15) is 13.2 Å². The molecule has 0 saturated heterocycles. The first-order valence-corrected chi connectivity index (χ1v) is 14.4. The summed E-state index contributed by atoms with van der Waals surface area (Å²) in [6.45, 7) is 1.81. The van der Waals surface area contributed by atoms with Crippen LogP contribution >= 0.6 is 0 Å². The molecule has 0 spiro atoms. The van der Waals surface area contributed by atoms with Crippen LogP contribution in [0.5, 0.6) is 5.75 Å². The minimum atomic E-state index is -4.61. The molecule has 4 heterocycles. The number of nitrogens with zero attached hydrogens (tertiary/aromatic N) is 4. The fourth-order valence-corrected chi connectivity index (χ4v) is 5.56. The molecule has 2 atom stereocenters. The Kier molecular flexibility index (Phi) is 8.21. The molecule has 0 saturated carbocycles. The Labute approximate surface area is 260 Å². The van der Waals surface area contributed by atoms with Gasteiger partial charge < -0.3 is 10.1 Å². The number of nitrogens with one attached hydrogen (secondary N) is 3. The van der Waals surface area contributed by atoms with Crippen molar-refractivity contribution in [3.05, 3.63) is 101 Å². The second kappa shape index (κ2) is 12.3. The molecule has 2 bridgehead atoms. The number of allylic oxidation sites excluding steroid dienone is 1. The van der Waals surface area contributed by atoms with Gasteiger partial charge in [-0.1, -0.05) is 13.3 Å². The third kappa shape index (κ3) is 6.15. The van der Waals surface area contributed by atoms with E-state index in [1.54, 1.807) is 30.6 Å². The average molecular weight is 636 g/mol. The number of anilines is 2. The summed E-state index contributed by atoms with van der Waals surface area (Å²) in [6, 6.07) is 11.4. The molecule has 0 aliphatic carbocycles. The fraction of sp³-hybridized carbons (Fsp3) is 0.250. The molecule has 238 valence electrons. The Morgan fingerprint density at radius 1 is 1.00 bits per heavy atom. The number of aromatic nitrogens is 3. The Balaban J connectivity index is 1.42. The number of halogens is 4. The molecule has 0 radical (unpaired) electrons. The zero-order valence-corrected chi connectivity index (χ0v) is 24.7. The largest absolute Gasteiger partial charge is 0.497 e. The molecule has 4 aromatic rings. The maximum absolute atomic E-state index is 14.3. The minimum Gasteiger partial charge on any atom is -0.497 e. The third-order valence-corrected chi connectivity index (χ3v) is 8.04. The predicted octanol–water partition coefficient (Wildman–Crippen LogP) is 5.70. The number of benzene rings is 2. The standard InChI is InChI=1S/C32H29F4N7O3/c1-18-4-3-5-27(20-10-19(14-37-15-20)23-11-21(33)6-8-25(23)39-31(18)45)42-17-38-26(13-30(42)44)24-12-22(46-2)7-9-28(24)43-16-29(40-41-43)32(34,35)36/h6-18,27,40-41H,3-5H2,1-2H3,(H,39,45)/t18-,27+/m1/s1. The van der Waals surface area contributed by atoms with Crippen LogP contribution in [0.3, 0.4) is 0 Å². The van der Waals surface area contributed by atoms with Gasteiger partial charge in [0.05, 0.1) is 37.1 Å². The van der Waals surface area contributed by atoms with Gasteiger partial charge in [0.15, 0.2) is 5.70 Å². The van der Waals surface area contributed by atoms with Gasteiger partial charge in [0.1, 0.15) is 11.6 Å². The lowest BCUT2D eigenvalue weighted by Crippen LogP contribution is -2.38. The normalized spacial score (nSPS) is 18.4. The minimum absolute atomic E-state index is 0.203. The summed E-state index contributed by atoms with van der Waals surface area (Å²) in [4.78, 5) is 35.7. The highest BCUT2D eigenvalue weighted by Crippen LogP contribution is 2.36. The van der Waals surface area contributed by atoms with Crippen molar-refractivity contribution in [1.82, 2.24) is 25.5 Å². The van der Waals surface area contributed by atoms with Gasteiger partial charge in [0.2, 0.25) is 5.91 Å². The smallest absolute Gasteiger partial charge is 0.433 e. The van der Waals surface area contributed by atoms with Crippen LogP contribution in [0.25, 0.3) is 22.4 Å². The summed E-state index contributed by atoms with van der Waals surface area (Å²) in [7, 11) is 1.45. The second-order valence-electron chi connectivity index (χ2n) is 11.1. The van der Waals surface area contributed by atoms with Crippen molar-refractivity contribution in [1.29, 1.82) is 0 Å². The Bertz CT molecular complexity index is 1890. The molecule has 2 aromatic heterocycles. The summed E-state index contributed by atoms with van der Waals surface area (Å²) >= 11 is 0. The Hall–Kier alpha value is -5.24. The number of hydrogen-bond acceptors (Lipinski definition) is 8. The van der Waals surface area contributed by atoms with E-state index < -0.39 is 29.3 Å². The number of fused-ring (bicyclic) bond motifs is 4. The van der Waals surface area contributed by atoms with E-state index in [0.717, 1.165) is 11.2 Å². The van der Waals surface area contributed by atoms with Crippen LogP contribution in [-0.2, 0) is 4.79 Å². The maximum atomic E-state index is 14.3. The maximum Gasteiger partial charge on any atom is 0.433 e. The number of hydrogen-bond donors (Lipinski definition) is 3. The molecular formula is C32H29F4N7O3. The van der Waals surface area contributed by atoms with E-state index in [2.05, 4.69) is 26.2 Å². The molecule has 46 heavy (non-hydrogen) atoms. The number of carbonyl (C=O) groups excluding carboxylic acids is 1. The number of carbonyl (C=O) groups is 1. The van der Waals surface area contributed by atoms with E-state index in [0.29, 0.717) is 58.6 Å². The van der Waals surface area contributed by atoms with Gasteiger partial charge in [0.25, 0.3) is 5.56 Å². The number of methoxy groups -OCH3 is 1. The number of amides is 1. The van der Waals surface area contributed by atoms with Gasteiger partial charge in [-0.3, -0.25) is 29.6 Å². The van der Waals surface area contributed by atoms with Crippen molar-refractivity contribution < 1.29 is 27.1 Å². The van der Waals surface area contributed by atoms with E-state index in [1.165, 1.54) is 42.3 Å². The van der Waals surface area contributed by atoms with E-state index in [4.69, 9.17) is 4.74 Å². The molecule has 14 heteroatoms. The van der Waals surface area contributed by atoms with Crippen molar-refractivity contribution in [2.24, 2.45) is 5.92 Å². The zero-order valence-electron chi connectivity index (χ0n) is 24.7. The van der Waals surface area contributed by atoms with Gasteiger partial charge in [0, 0.05) is 46.8 Å². The van der Waals surface area contributed by atoms with Gasteiger partial charge in [-0.15, -0.1) is 5.53 Å². The lowest BCUT2D eigenvalue weighted by molar-refractivity contribution is -0.119. The first kappa shape index (κ1) is 30.8. The zero-order chi connectivity index (χ0) is 32.6. The van der Waals surface area contributed by atoms with Crippen LogP contribution < -0.4 is 31.6 Å². The van der Waals surface area contributed by atoms with Crippen LogP contribution in [0.4, 0.5) is 28.9 Å². The monoisotopic (exact) mass is 635 g/mol. The van der Waals surface area contributed by atoms with Crippen molar-refractivity contribution in [2.75, 3.05) is 17.4 Å². The fourth-order valence-electron chi connectivity index (χ4n) is 5.56. The number of ether oxygens (including phenoxy) is 1. The SMILES string of the molecule is COc1ccc(N2C=C(C(F)(F)F)NN2)c(-c2cc(=O)n([C@H]3CCC[C@@H](C)C(=O)Nc4ccc(F)cc4-c4cncc3c4)cn2)c1. The van der Waals surface area contributed by atoms with Crippen LogP contribution in [0.15, 0.2) is 83.9 Å². The van der Waals surface area contributed by atoms with Crippen molar-refractivity contribution in [3.8, 4) is 28.1 Å². The van der Waals surface area contributed by atoms with Gasteiger partial charge >= 0.3 is 6.18 Å². The summed E-state index contributed by atoms with van der Waals surface area (Å²) in [5.41, 5.74) is 6.15. The van der Waals surface area contributed by atoms with Crippen LogP contribution in [0.1, 0.15) is 37.8 Å². The van der Waals surface area contributed by atoms with Crippen molar-refractivity contribution >= 4 is 17.3 Å². The van der Waals surface area contributed by atoms with Crippen LogP contribution in [0, 0.1) is 11.7 Å². The molecular weight excluding hydrogens is 606 g/mol. The highest BCUT2D eigenvalue weighted by Gasteiger charge is 2.38. The molecule has 1 amide bonds. The van der Waals surface area contributed by atoms with E-state index >= 15 is 0 Å². The van der Waals surface area contributed by atoms with Crippen LogP contribution in [-0.4, -0.2) is 33.7 Å².